The van der Waals surface area contributed by atoms with Crippen molar-refractivity contribution in [1.82, 2.24) is 0 Å². The van der Waals surface area contributed by atoms with Gasteiger partial charge in [-0.05, 0) is 24.6 Å². The van der Waals surface area contributed by atoms with E-state index in [0.29, 0.717) is 11.3 Å². The van der Waals surface area contributed by atoms with E-state index in [4.69, 9.17) is 0 Å². The number of hydrogen-bond donors (Lipinski definition) is 2. The lowest BCUT2D eigenvalue weighted by atomic mass is 10.1. The van der Waals surface area contributed by atoms with Gasteiger partial charge >= 0.3 is 0 Å². The quantitative estimate of drug-likeness (QED) is 0.510. The third kappa shape index (κ3) is 2.92. The molecule has 2 aromatic carbocycles. The number of nitrogens with zero attached hydrogens (tertiary/aromatic N) is 2. The van der Waals surface area contributed by atoms with Crippen LogP contribution in [0.2, 0.25) is 0 Å². The minimum Gasteiger partial charge on any atom is -0.508 e. The summed E-state index contributed by atoms with van der Waals surface area (Å²) < 4.78 is 0. The predicted molar refractivity (Wildman–Crippen MR) is 74.9 cm³/mol. The summed E-state index contributed by atoms with van der Waals surface area (Å²) in [7, 11) is 0. The molecule has 2 rings (SSSR count). The molecule has 102 valence electrons. The summed E-state index contributed by atoms with van der Waals surface area (Å²) in [6.45, 7) is 1.78. The van der Waals surface area contributed by atoms with Crippen LogP contribution < -0.4 is 0 Å². The molecule has 0 aliphatic rings. The lowest BCUT2D eigenvalue weighted by Crippen LogP contribution is -1.88. The van der Waals surface area contributed by atoms with Crippen molar-refractivity contribution < 1.29 is 15.1 Å². The number of aromatic hydroxyl groups is 2. The zero-order chi connectivity index (χ0) is 14.7. The molecule has 6 nitrogen and oxygen atoms in total. The van der Waals surface area contributed by atoms with Crippen molar-refractivity contribution in [2.24, 2.45) is 4.99 Å². The minimum absolute atomic E-state index is 0.0438. The molecule has 2 aromatic rings. The molecule has 0 aliphatic carbocycles. The molecule has 0 saturated heterocycles. The molecule has 6 heteroatoms. The minimum atomic E-state index is -0.490. The van der Waals surface area contributed by atoms with Crippen LogP contribution in [0, 0.1) is 17.0 Å². The third-order valence-corrected chi connectivity index (χ3v) is 2.76. The Labute approximate surface area is 114 Å². The number of non-ortho nitro benzene ring substituents is 1. The van der Waals surface area contributed by atoms with Crippen LogP contribution in [-0.2, 0) is 0 Å². The molecular formula is C14H12N2O4. The van der Waals surface area contributed by atoms with Gasteiger partial charge in [0.1, 0.15) is 11.5 Å². The Hall–Kier alpha value is -2.89. The van der Waals surface area contributed by atoms with E-state index < -0.39 is 4.92 Å². The number of rotatable bonds is 3. The van der Waals surface area contributed by atoms with Gasteiger partial charge in [-0.15, -0.1) is 0 Å². The predicted octanol–water partition coefficient (Wildman–Crippen LogP) is 3.07. The van der Waals surface area contributed by atoms with Gasteiger partial charge in [-0.1, -0.05) is 6.07 Å². The molecule has 0 saturated carbocycles. The van der Waals surface area contributed by atoms with Crippen LogP contribution in [0.5, 0.6) is 11.5 Å². The van der Waals surface area contributed by atoms with E-state index in [0.717, 1.165) is 5.56 Å². The number of aryl methyl sites for hydroxylation is 1. The molecule has 20 heavy (non-hydrogen) atoms. The molecule has 0 heterocycles. The summed E-state index contributed by atoms with van der Waals surface area (Å²) in [4.78, 5) is 14.4. The molecule has 0 fully saturated rings. The van der Waals surface area contributed by atoms with Crippen LogP contribution in [0.3, 0.4) is 0 Å². The van der Waals surface area contributed by atoms with Gasteiger partial charge < -0.3 is 10.2 Å². The third-order valence-electron chi connectivity index (χ3n) is 2.76. The number of phenols is 2. The molecular weight excluding hydrogens is 260 g/mol. The van der Waals surface area contributed by atoms with E-state index in [9.17, 15) is 20.3 Å². The number of benzene rings is 2. The smallest absolute Gasteiger partial charge is 0.271 e. The molecule has 0 bridgehead atoms. The van der Waals surface area contributed by atoms with E-state index in [1.807, 2.05) is 0 Å². The molecule has 0 atom stereocenters. The average Bonchev–Trinajstić information content (AvgIpc) is 2.39. The van der Waals surface area contributed by atoms with Crippen molar-refractivity contribution in [3.8, 4) is 11.5 Å². The molecule has 0 radical (unpaired) electrons. The standard InChI is InChI=1S/C14H12N2O4/c1-9-2-4-11(16(19)20)6-13(9)15-8-10-3-5-12(17)7-14(10)18/h2-8,17-18H,1H3. The molecule has 0 spiro atoms. The Morgan fingerprint density at radius 2 is 1.95 bits per heavy atom. The summed E-state index contributed by atoms with van der Waals surface area (Å²) in [5.74, 6) is -0.164. The Morgan fingerprint density at radius 3 is 2.60 bits per heavy atom. The monoisotopic (exact) mass is 272 g/mol. The van der Waals surface area contributed by atoms with Crippen molar-refractivity contribution >= 4 is 17.6 Å². The fraction of sp³-hybridized carbons (Fsp3) is 0.0714. The van der Waals surface area contributed by atoms with Crippen molar-refractivity contribution in [2.75, 3.05) is 0 Å². The fourth-order valence-electron chi connectivity index (χ4n) is 1.63. The highest BCUT2D eigenvalue weighted by Gasteiger charge is 2.07. The maximum absolute atomic E-state index is 10.7. The van der Waals surface area contributed by atoms with E-state index in [1.165, 1.54) is 36.5 Å². The molecule has 0 aromatic heterocycles. The molecule has 0 unspecified atom stereocenters. The lowest BCUT2D eigenvalue weighted by Gasteiger charge is -2.01. The van der Waals surface area contributed by atoms with Crippen LogP contribution in [0.4, 0.5) is 11.4 Å². The summed E-state index contributed by atoms with van der Waals surface area (Å²) >= 11 is 0. The van der Waals surface area contributed by atoms with E-state index in [2.05, 4.69) is 4.99 Å². The highest BCUT2D eigenvalue weighted by molar-refractivity contribution is 5.86. The van der Waals surface area contributed by atoms with E-state index >= 15 is 0 Å². The summed E-state index contributed by atoms with van der Waals surface area (Å²) in [6.07, 6.45) is 1.39. The van der Waals surface area contributed by atoms with Gasteiger partial charge in [0.15, 0.2) is 0 Å². The van der Waals surface area contributed by atoms with E-state index in [1.54, 1.807) is 13.0 Å². The number of nitro groups is 1. The number of nitro benzene ring substituents is 1. The molecule has 0 aliphatic heterocycles. The Morgan fingerprint density at radius 1 is 1.20 bits per heavy atom. The Balaban J connectivity index is 2.35. The van der Waals surface area contributed by atoms with Gasteiger partial charge in [-0.2, -0.15) is 0 Å². The average molecular weight is 272 g/mol. The van der Waals surface area contributed by atoms with Gasteiger partial charge in [0.2, 0.25) is 0 Å². The zero-order valence-electron chi connectivity index (χ0n) is 10.6. The summed E-state index contributed by atoms with van der Waals surface area (Å²) in [5.41, 5.74) is 1.60. The Bertz CT molecular complexity index is 696. The largest absolute Gasteiger partial charge is 0.508 e. The van der Waals surface area contributed by atoms with Crippen LogP contribution in [0.25, 0.3) is 0 Å². The molecule has 0 amide bonds. The van der Waals surface area contributed by atoms with Crippen molar-refractivity contribution in [3.05, 3.63) is 57.6 Å². The van der Waals surface area contributed by atoms with Crippen molar-refractivity contribution in [2.45, 2.75) is 6.92 Å². The first kappa shape index (κ1) is 13.5. The SMILES string of the molecule is Cc1ccc([N+](=O)[O-])cc1N=Cc1ccc(O)cc1O. The van der Waals surface area contributed by atoms with Gasteiger partial charge in [-0.25, -0.2) is 0 Å². The van der Waals surface area contributed by atoms with Crippen LogP contribution in [0.1, 0.15) is 11.1 Å². The van der Waals surface area contributed by atoms with Crippen molar-refractivity contribution in [1.29, 1.82) is 0 Å². The van der Waals surface area contributed by atoms with Gasteiger partial charge in [0, 0.05) is 30.0 Å². The maximum Gasteiger partial charge on any atom is 0.271 e. The van der Waals surface area contributed by atoms with Crippen LogP contribution in [-0.4, -0.2) is 21.4 Å². The second-order valence-electron chi connectivity index (χ2n) is 4.23. The summed E-state index contributed by atoms with van der Waals surface area (Å²) in [5, 5.41) is 29.5. The number of aliphatic imine (C=N–C) groups is 1. The second kappa shape index (κ2) is 5.40. The van der Waals surface area contributed by atoms with Crippen molar-refractivity contribution in [3.63, 3.8) is 0 Å². The lowest BCUT2D eigenvalue weighted by molar-refractivity contribution is -0.384. The van der Waals surface area contributed by atoms with Crippen LogP contribution >= 0.6 is 0 Å². The normalized spacial score (nSPS) is 10.8. The first-order valence-corrected chi connectivity index (χ1v) is 5.78. The molecule has 2 N–H and O–H groups in total. The fourth-order valence-corrected chi connectivity index (χ4v) is 1.63. The summed E-state index contributed by atoms with van der Waals surface area (Å²) in [6, 6.07) is 8.50. The van der Waals surface area contributed by atoms with Crippen LogP contribution in [0.15, 0.2) is 41.4 Å². The first-order valence-electron chi connectivity index (χ1n) is 5.78. The topological polar surface area (TPSA) is 96.0 Å². The second-order valence-corrected chi connectivity index (χ2v) is 4.23. The maximum atomic E-state index is 10.7. The highest BCUT2D eigenvalue weighted by Crippen LogP contribution is 2.26. The van der Waals surface area contributed by atoms with E-state index in [-0.39, 0.29) is 17.2 Å². The first-order chi connectivity index (χ1) is 9.47. The Kier molecular flexibility index (Phi) is 3.65. The number of hydrogen-bond acceptors (Lipinski definition) is 5. The highest BCUT2D eigenvalue weighted by atomic mass is 16.6. The number of phenolic OH excluding ortho intramolecular Hbond substituents is 2. The zero-order valence-corrected chi connectivity index (χ0v) is 10.6. The van der Waals surface area contributed by atoms with Gasteiger partial charge in [0.05, 0.1) is 10.6 Å². The van der Waals surface area contributed by atoms with Gasteiger partial charge in [0.25, 0.3) is 5.69 Å². The van der Waals surface area contributed by atoms with Gasteiger partial charge in [-0.3, -0.25) is 15.1 Å².